The summed E-state index contributed by atoms with van der Waals surface area (Å²) < 4.78 is 5.12. The van der Waals surface area contributed by atoms with E-state index >= 15 is 0 Å². The van der Waals surface area contributed by atoms with Gasteiger partial charge in [-0.25, -0.2) is 4.79 Å². The molecule has 1 aliphatic rings. The average Bonchev–Trinajstić information content (AvgIpc) is 2.94. The molecular weight excluding hydrogens is 260 g/mol. The van der Waals surface area contributed by atoms with Gasteiger partial charge < -0.3 is 20.2 Å². The highest BCUT2D eigenvalue weighted by Gasteiger charge is 2.37. The summed E-state index contributed by atoms with van der Waals surface area (Å²) in [6.45, 7) is 3.87. The lowest BCUT2D eigenvalue weighted by Crippen LogP contribution is -2.49. The summed E-state index contributed by atoms with van der Waals surface area (Å²) in [5, 5.41) is 14.9. The van der Waals surface area contributed by atoms with Crippen molar-refractivity contribution in [3.05, 3.63) is 23.7 Å². The third kappa shape index (κ3) is 3.01. The molecule has 0 aromatic carbocycles. The number of carbonyl (C=O) groups is 2. The van der Waals surface area contributed by atoms with Crippen LogP contribution >= 0.6 is 0 Å². The molecule has 0 saturated carbocycles. The first-order valence-corrected chi connectivity index (χ1v) is 6.88. The van der Waals surface area contributed by atoms with Crippen LogP contribution in [0.1, 0.15) is 42.5 Å². The minimum atomic E-state index is -1.11. The predicted molar refractivity (Wildman–Crippen MR) is 72.3 cm³/mol. The van der Waals surface area contributed by atoms with Crippen molar-refractivity contribution in [1.82, 2.24) is 10.6 Å². The van der Waals surface area contributed by atoms with Crippen LogP contribution in [-0.2, 0) is 11.3 Å². The van der Waals surface area contributed by atoms with E-state index in [-0.39, 0.29) is 23.6 Å². The third-order valence-electron chi connectivity index (χ3n) is 3.93. The minimum absolute atomic E-state index is 0.000440. The molecule has 1 saturated heterocycles. The molecule has 0 bridgehead atoms. The van der Waals surface area contributed by atoms with Crippen LogP contribution in [0.4, 0.5) is 0 Å². The van der Waals surface area contributed by atoms with Crippen LogP contribution in [0.2, 0.25) is 0 Å². The average molecular weight is 280 g/mol. The number of nitrogens with one attached hydrogen (secondary N) is 2. The Morgan fingerprint density at radius 2 is 2.30 bits per heavy atom. The number of carbonyl (C=O) groups excluding carboxylic acids is 1. The fraction of sp³-hybridized carbons (Fsp3) is 0.571. The minimum Gasteiger partial charge on any atom is -0.475 e. The molecule has 3 N–H and O–H groups in total. The smallest absolute Gasteiger partial charge is 0.371 e. The standard InChI is InChI=1S/C14H20N2O4/c1-2-14(6-3-7-15-9-14)13(19)16-8-10-4-5-11(20-10)12(17)18/h4-5,15H,2-3,6-9H2,1H3,(H,16,19)(H,17,18). The summed E-state index contributed by atoms with van der Waals surface area (Å²) in [6, 6.07) is 2.96. The monoisotopic (exact) mass is 280 g/mol. The Labute approximate surface area is 117 Å². The van der Waals surface area contributed by atoms with Gasteiger partial charge in [0.2, 0.25) is 11.7 Å². The van der Waals surface area contributed by atoms with Crippen LogP contribution in [-0.4, -0.2) is 30.1 Å². The second kappa shape index (κ2) is 6.09. The van der Waals surface area contributed by atoms with E-state index < -0.39 is 5.97 Å². The number of amides is 1. The molecule has 2 rings (SSSR count). The van der Waals surface area contributed by atoms with Gasteiger partial charge in [0.25, 0.3) is 0 Å². The molecule has 1 atom stereocenters. The molecule has 1 amide bonds. The first-order chi connectivity index (χ1) is 9.57. The highest BCUT2D eigenvalue weighted by atomic mass is 16.4. The van der Waals surface area contributed by atoms with E-state index in [0.29, 0.717) is 12.3 Å². The lowest BCUT2D eigenvalue weighted by molar-refractivity contribution is -0.132. The van der Waals surface area contributed by atoms with Gasteiger partial charge in [-0.1, -0.05) is 6.92 Å². The van der Waals surface area contributed by atoms with Crippen molar-refractivity contribution in [1.29, 1.82) is 0 Å². The molecular formula is C14H20N2O4. The molecule has 1 fully saturated rings. The number of furan rings is 1. The van der Waals surface area contributed by atoms with Gasteiger partial charge in [0.05, 0.1) is 12.0 Å². The number of carboxylic acid groups (broad SMARTS) is 1. The number of carboxylic acids is 1. The molecule has 1 unspecified atom stereocenters. The van der Waals surface area contributed by atoms with Crippen LogP contribution in [0.3, 0.4) is 0 Å². The van der Waals surface area contributed by atoms with Crippen LogP contribution in [0.15, 0.2) is 16.5 Å². The van der Waals surface area contributed by atoms with Crippen molar-refractivity contribution >= 4 is 11.9 Å². The number of hydrogen-bond acceptors (Lipinski definition) is 4. The number of aromatic carboxylic acids is 1. The van der Waals surface area contributed by atoms with Crippen molar-refractivity contribution in [2.75, 3.05) is 13.1 Å². The van der Waals surface area contributed by atoms with Crippen molar-refractivity contribution in [3.8, 4) is 0 Å². The van der Waals surface area contributed by atoms with E-state index in [2.05, 4.69) is 10.6 Å². The molecule has 0 aliphatic carbocycles. The predicted octanol–water partition coefficient (Wildman–Crippen LogP) is 1.37. The Morgan fingerprint density at radius 1 is 1.50 bits per heavy atom. The summed E-state index contributed by atoms with van der Waals surface area (Å²) >= 11 is 0. The van der Waals surface area contributed by atoms with Gasteiger partial charge in [-0.05, 0) is 37.9 Å². The highest BCUT2D eigenvalue weighted by Crippen LogP contribution is 2.30. The molecule has 0 spiro atoms. The van der Waals surface area contributed by atoms with Gasteiger partial charge in [-0.2, -0.15) is 0 Å². The molecule has 20 heavy (non-hydrogen) atoms. The van der Waals surface area contributed by atoms with E-state index in [1.807, 2.05) is 6.92 Å². The Balaban J connectivity index is 1.94. The second-order valence-corrected chi connectivity index (χ2v) is 5.17. The molecule has 1 aliphatic heterocycles. The lowest BCUT2D eigenvalue weighted by atomic mass is 9.77. The van der Waals surface area contributed by atoms with E-state index in [9.17, 15) is 9.59 Å². The summed E-state index contributed by atoms with van der Waals surface area (Å²) in [7, 11) is 0. The normalized spacial score (nSPS) is 22.4. The molecule has 1 aromatic heterocycles. The summed E-state index contributed by atoms with van der Waals surface area (Å²) in [6.07, 6.45) is 2.65. The Hall–Kier alpha value is -1.82. The third-order valence-corrected chi connectivity index (χ3v) is 3.93. The van der Waals surface area contributed by atoms with Crippen molar-refractivity contribution in [3.63, 3.8) is 0 Å². The van der Waals surface area contributed by atoms with Crippen molar-refractivity contribution in [2.24, 2.45) is 5.41 Å². The van der Waals surface area contributed by atoms with Crippen LogP contribution < -0.4 is 10.6 Å². The van der Waals surface area contributed by atoms with Crippen LogP contribution in [0.25, 0.3) is 0 Å². The SMILES string of the molecule is CCC1(C(=O)NCc2ccc(C(=O)O)o2)CCCNC1. The summed E-state index contributed by atoms with van der Waals surface area (Å²) in [5.41, 5.74) is -0.361. The van der Waals surface area contributed by atoms with E-state index in [1.54, 1.807) is 6.07 Å². The fourth-order valence-electron chi connectivity index (χ4n) is 2.57. The topological polar surface area (TPSA) is 91.6 Å². The van der Waals surface area contributed by atoms with Gasteiger partial charge in [-0.3, -0.25) is 4.79 Å². The van der Waals surface area contributed by atoms with E-state index in [1.165, 1.54) is 6.07 Å². The van der Waals surface area contributed by atoms with Gasteiger partial charge in [0, 0.05) is 6.54 Å². The molecule has 2 heterocycles. The summed E-state index contributed by atoms with van der Waals surface area (Å²) in [4.78, 5) is 23.1. The van der Waals surface area contributed by atoms with Gasteiger partial charge in [0.1, 0.15) is 5.76 Å². The molecule has 6 heteroatoms. The maximum atomic E-state index is 12.4. The van der Waals surface area contributed by atoms with Gasteiger partial charge in [0.15, 0.2) is 0 Å². The lowest BCUT2D eigenvalue weighted by Gasteiger charge is -2.35. The number of piperidine rings is 1. The van der Waals surface area contributed by atoms with E-state index in [0.717, 1.165) is 25.8 Å². The fourth-order valence-corrected chi connectivity index (χ4v) is 2.57. The van der Waals surface area contributed by atoms with Crippen molar-refractivity contribution < 1.29 is 19.1 Å². The molecule has 0 radical (unpaired) electrons. The van der Waals surface area contributed by atoms with Crippen LogP contribution in [0.5, 0.6) is 0 Å². The van der Waals surface area contributed by atoms with Crippen LogP contribution in [0, 0.1) is 5.41 Å². The zero-order valence-electron chi connectivity index (χ0n) is 11.6. The zero-order chi connectivity index (χ0) is 14.6. The maximum absolute atomic E-state index is 12.4. The first kappa shape index (κ1) is 14.6. The molecule has 110 valence electrons. The maximum Gasteiger partial charge on any atom is 0.371 e. The molecule has 1 aromatic rings. The summed E-state index contributed by atoms with van der Waals surface area (Å²) in [5.74, 6) is -0.769. The van der Waals surface area contributed by atoms with Gasteiger partial charge in [-0.15, -0.1) is 0 Å². The number of hydrogen-bond donors (Lipinski definition) is 3. The first-order valence-electron chi connectivity index (χ1n) is 6.88. The number of rotatable bonds is 5. The Morgan fingerprint density at radius 3 is 2.85 bits per heavy atom. The van der Waals surface area contributed by atoms with Gasteiger partial charge >= 0.3 is 5.97 Å². The van der Waals surface area contributed by atoms with Crippen molar-refractivity contribution in [2.45, 2.75) is 32.7 Å². The molecule has 6 nitrogen and oxygen atoms in total. The Kier molecular flexibility index (Phi) is 4.44. The second-order valence-electron chi connectivity index (χ2n) is 5.17. The Bertz CT molecular complexity index is 489. The highest BCUT2D eigenvalue weighted by molar-refractivity contribution is 5.84. The largest absolute Gasteiger partial charge is 0.475 e. The zero-order valence-corrected chi connectivity index (χ0v) is 11.6. The van der Waals surface area contributed by atoms with E-state index in [4.69, 9.17) is 9.52 Å². The quantitative estimate of drug-likeness (QED) is 0.757.